The van der Waals surface area contributed by atoms with Gasteiger partial charge >= 0.3 is 0 Å². The minimum absolute atomic E-state index is 0.0252. The summed E-state index contributed by atoms with van der Waals surface area (Å²) < 4.78 is 0. The van der Waals surface area contributed by atoms with E-state index < -0.39 is 12.1 Å². The molecule has 0 aromatic heterocycles. The molecule has 1 fully saturated rings. The molecule has 2 atom stereocenters. The maximum Gasteiger partial charge on any atom is 0.265 e. The Hall–Kier alpha value is -3.15. The highest BCUT2D eigenvalue weighted by molar-refractivity contribution is 6.05. The molecule has 30 heavy (non-hydrogen) atoms. The molecule has 2 heterocycles. The van der Waals surface area contributed by atoms with Crippen LogP contribution in [0.3, 0.4) is 0 Å². The van der Waals surface area contributed by atoms with Gasteiger partial charge in [-0.25, -0.2) is 0 Å². The fourth-order valence-corrected chi connectivity index (χ4v) is 4.05. The molecule has 6 heteroatoms. The number of hydrogen-bond donors (Lipinski definition) is 1. The average Bonchev–Trinajstić information content (AvgIpc) is 3.46. The summed E-state index contributed by atoms with van der Waals surface area (Å²) in [6, 6.07) is 17.1. The molecule has 2 aliphatic heterocycles. The predicted molar refractivity (Wildman–Crippen MR) is 115 cm³/mol. The van der Waals surface area contributed by atoms with Crippen LogP contribution >= 0.6 is 0 Å². The standard InChI is InChI=1S/C24H27N3O3/c1-17-9-5-6-12-19(17)20-16-22(30-26-20)23(28)25-21(15-18-10-3-2-4-11-18)24(29)27-13-7-8-14-27/h2-6,9-12,21-22H,7-8,13-16H2,1H3,(H,25,28). The van der Waals surface area contributed by atoms with Crippen molar-refractivity contribution in [3.63, 3.8) is 0 Å². The Bertz CT molecular complexity index is 936. The van der Waals surface area contributed by atoms with E-state index in [0.29, 0.717) is 12.8 Å². The second kappa shape index (κ2) is 9.11. The van der Waals surface area contributed by atoms with Gasteiger partial charge in [0.15, 0.2) is 0 Å². The molecule has 0 radical (unpaired) electrons. The van der Waals surface area contributed by atoms with Crippen LogP contribution in [0.5, 0.6) is 0 Å². The Labute approximate surface area is 176 Å². The maximum absolute atomic E-state index is 13.1. The molecule has 2 amide bonds. The first-order chi connectivity index (χ1) is 14.6. The number of benzene rings is 2. The van der Waals surface area contributed by atoms with E-state index in [1.807, 2.05) is 66.4 Å². The lowest BCUT2D eigenvalue weighted by atomic mass is 9.99. The van der Waals surface area contributed by atoms with Crippen LogP contribution in [-0.4, -0.2) is 47.7 Å². The number of amides is 2. The highest BCUT2D eigenvalue weighted by atomic mass is 16.6. The predicted octanol–water partition coefficient (Wildman–Crippen LogP) is 2.84. The Morgan fingerprint density at radius 2 is 1.80 bits per heavy atom. The topological polar surface area (TPSA) is 71.0 Å². The Morgan fingerprint density at radius 3 is 2.53 bits per heavy atom. The largest absolute Gasteiger partial charge is 0.382 e. The van der Waals surface area contributed by atoms with Crippen molar-refractivity contribution in [2.24, 2.45) is 5.16 Å². The van der Waals surface area contributed by atoms with E-state index in [9.17, 15) is 9.59 Å². The number of rotatable bonds is 6. The molecule has 2 aromatic carbocycles. The van der Waals surface area contributed by atoms with Crippen LogP contribution in [0.15, 0.2) is 59.8 Å². The molecular weight excluding hydrogens is 378 g/mol. The number of aryl methyl sites for hydroxylation is 1. The molecule has 1 N–H and O–H groups in total. The molecule has 4 rings (SSSR count). The second-order valence-electron chi connectivity index (χ2n) is 7.93. The van der Waals surface area contributed by atoms with E-state index in [0.717, 1.165) is 48.3 Å². The number of hydrogen-bond acceptors (Lipinski definition) is 4. The zero-order valence-electron chi connectivity index (χ0n) is 17.2. The third-order valence-corrected chi connectivity index (χ3v) is 5.73. The van der Waals surface area contributed by atoms with Crippen molar-refractivity contribution in [1.82, 2.24) is 10.2 Å². The molecule has 1 saturated heterocycles. The van der Waals surface area contributed by atoms with Crippen molar-refractivity contribution in [3.8, 4) is 0 Å². The summed E-state index contributed by atoms with van der Waals surface area (Å²) in [6.07, 6.45) is 2.16. The van der Waals surface area contributed by atoms with E-state index in [2.05, 4.69) is 10.5 Å². The van der Waals surface area contributed by atoms with Crippen molar-refractivity contribution < 1.29 is 14.4 Å². The van der Waals surface area contributed by atoms with Crippen LogP contribution in [0.1, 0.15) is 36.0 Å². The Morgan fingerprint density at radius 1 is 1.10 bits per heavy atom. The van der Waals surface area contributed by atoms with Crippen LogP contribution in [0.25, 0.3) is 0 Å². The Balaban J connectivity index is 1.44. The first-order valence-corrected chi connectivity index (χ1v) is 10.5. The SMILES string of the molecule is Cc1ccccc1C1=NOC(C(=O)NC(Cc2ccccc2)C(=O)N2CCCC2)C1. The van der Waals surface area contributed by atoms with E-state index in [4.69, 9.17) is 4.84 Å². The summed E-state index contributed by atoms with van der Waals surface area (Å²) >= 11 is 0. The van der Waals surface area contributed by atoms with E-state index in [-0.39, 0.29) is 11.8 Å². The third kappa shape index (κ3) is 4.53. The minimum Gasteiger partial charge on any atom is -0.382 e. The summed E-state index contributed by atoms with van der Waals surface area (Å²) in [4.78, 5) is 33.3. The molecule has 2 aromatic rings. The summed E-state index contributed by atoms with van der Waals surface area (Å²) in [5.41, 5.74) is 3.85. The molecular formula is C24H27N3O3. The fraction of sp³-hybridized carbons (Fsp3) is 0.375. The van der Waals surface area contributed by atoms with Crippen molar-refractivity contribution in [2.75, 3.05) is 13.1 Å². The molecule has 156 valence electrons. The smallest absolute Gasteiger partial charge is 0.265 e. The normalized spacial score (nSPS) is 19.2. The lowest BCUT2D eigenvalue weighted by Gasteiger charge is -2.25. The fourth-order valence-electron chi connectivity index (χ4n) is 4.05. The van der Waals surface area contributed by atoms with Gasteiger partial charge in [0.2, 0.25) is 12.0 Å². The van der Waals surface area contributed by atoms with Crippen molar-refractivity contribution in [3.05, 3.63) is 71.3 Å². The summed E-state index contributed by atoms with van der Waals surface area (Å²) in [5.74, 6) is -0.321. The molecule has 0 bridgehead atoms. The van der Waals surface area contributed by atoms with Crippen molar-refractivity contribution in [2.45, 2.75) is 44.8 Å². The van der Waals surface area contributed by atoms with Gasteiger partial charge in [-0.1, -0.05) is 59.8 Å². The van der Waals surface area contributed by atoms with Crippen LogP contribution < -0.4 is 5.32 Å². The number of nitrogens with zero attached hydrogens (tertiary/aromatic N) is 2. The molecule has 0 spiro atoms. The van der Waals surface area contributed by atoms with E-state index >= 15 is 0 Å². The van der Waals surface area contributed by atoms with E-state index in [1.165, 1.54) is 0 Å². The van der Waals surface area contributed by atoms with Gasteiger partial charge in [0, 0.05) is 31.5 Å². The number of nitrogens with one attached hydrogen (secondary N) is 1. The molecule has 0 aliphatic carbocycles. The monoisotopic (exact) mass is 405 g/mol. The van der Waals surface area contributed by atoms with Gasteiger partial charge < -0.3 is 15.1 Å². The van der Waals surface area contributed by atoms with Gasteiger partial charge in [0.25, 0.3) is 5.91 Å². The first kappa shape index (κ1) is 20.1. The molecule has 2 unspecified atom stereocenters. The number of likely N-dealkylation sites (tertiary alicyclic amines) is 1. The average molecular weight is 405 g/mol. The lowest BCUT2D eigenvalue weighted by Crippen LogP contribution is -2.51. The highest BCUT2D eigenvalue weighted by Gasteiger charge is 2.34. The third-order valence-electron chi connectivity index (χ3n) is 5.73. The number of carbonyl (C=O) groups is 2. The van der Waals surface area contributed by atoms with Crippen molar-refractivity contribution in [1.29, 1.82) is 0 Å². The highest BCUT2D eigenvalue weighted by Crippen LogP contribution is 2.20. The number of oxime groups is 1. The lowest BCUT2D eigenvalue weighted by molar-refractivity contribution is -0.139. The number of carbonyl (C=O) groups excluding carboxylic acids is 2. The van der Waals surface area contributed by atoms with E-state index in [1.54, 1.807) is 0 Å². The maximum atomic E-state index is 13.1. The molecule has 0 saturated carbocycles. The Kier molecular flexibility index (Phi) is 6.12. The van der Waals surface area contributed by atoms with Gasteiger partial charge in [0.05, 0.1) is 5.71 Å². The summed E-state index contributed by atoms with van der Waals surface area (Å²) in [6.45, 7) is 3.51. The minimum atomic E-state index is -0.718. The van der Waals surface area contributed by atoms with Crippen LogP contribution in [0.2, 0.25) is 0 Å². The van der Waals surface area contributed by atoms with Crippen molar-refractivity contribution >= 4 is 17.5 Å². The van der Waals surface area contributed by atoms with Crippen LogP contribution in [0.4, 0.5) is 0 Å². The summed E-state index contributed by atoms with van der Waals surface area (Å²) in [7, 11) is 0. The zero-order chi connectivity index (χ0) is 20.9. The van der Waals surface area contributed by atoms with Gasteiger partial charge in [-0.3, -0.25) is 9.59 Å². The second-order valence-corrected chi connectivity index (χ2v) is 7.93. The van der Waals surface area contributed by atoms with Crippen LogP contribution in [-0.2, 0) is 20.8 Å². The quantitative estimate of drug-likeness (QED) is 0.803. The summed E-state index contributed by atoms with van der Waals surface area (Å²) in [5, 5.41) is 7.09. The van der Waals surface area contributed by atoms with Gasteiger partial charge in [0.1, 0.15) is 6.04 Å². The zero-order valence-corrected chi connectivity index (χ0v) is 17.2. The van der Waals surface area contributed by atoms with Gasteiger partial charge in [-0.2, -0.15) is 0 Å². The molecule has 2 aliphatic rings. The van der Waals surface area contributed by atoms with Gasteiger partial charge in [-0.15, -0.1) is 0 Å². The molecule has 6 nitrogen and oxygen atoms in total. The first-order valence-electron chi connectivity index (χ1n) is 10.5. The van der Waals surface area contributed by atoms with Crippen LogP contribution in [0, 0.1) is 6.92 Å². The van der Waals surface area contributed by atoms with Gasteiger partial charge in [-0.05, 0) is 30.9 Å².